The fourth-order valence-electron chi connectivity index (χ4n) is 4.23. The topological polar surface area (TPSA) is 62.3 Å². The molecule has 0 unspecified atom stereocenters. The molecular formula is C27H17BrF11N3O2. The molecule has 2 aromatic carbocycles. The summed E-state index contributed by atoms with van der Waals surface area (Å²) in [5.74, 6) is -3.65. The summed E-state index contributed by atoms with van der Waals surface area (Å²) in [5, 5.41) is 1.64. The van der Waals surface area contributed by atoms with Crippen molar-refractivity contribution in [3.8, 4) is 0 Å². The van der Waals surface area contributed by atoms with Gasteiger partial charge in [-0.2, -0.15) is 39.5 Å². The zero-order valence-corrected chi connectivity index (χ0v) is 23.2. The van der Waals surface area contributed by atoms with Gasteiger partial charge in [0.1, 0.15) is 0 Å². The molecule has 0 radical (unpaired) electrons. The molecule has 0 saturated heterocycles. The molecule has 5 nitrogen and oxygen atoms in total. The zero-order chi connectivity index (χ0) is 32.8. The smallest absolute Gasteiger partial charge is 0.320 e. The Bertz CT molecular complexity index is 1560. The molecule has 1 aromatic heterocycles. The van der Waals surface area contributed by atoms with Crippen LogP contribution < -0.4 is 10.2 Å². The van der Waals surface area contributed by atoms with Crippen molar-refractivity contribution in [2.24, 2.45) is 5.92 Å². The predicted octanol–water partition coefficient (Wildman–Crippen LogP) is 8.60. The molecule has 4 rings (SSSR count). The van der Waals surface area contributed by atoms with Gasteiger partial charge in [0.25, 0.3) is 11.8 Å². The van der Waals surface area contributed by atoms with Crippen LogP contribution in [0, 0.1) is 11.7 Å². The normalized spacial score (nSPS) is 14.4. The first-order valence-corrected chi connectivity index (χ1v) is 13.1. The number of nitrogens with one attached hydrogen (secondary N) is 1. The van der Waals surface area contributed by atoms with Crippen molar-refractivity contribution < 1.29 is 57.9 Å². The lowest BCUT2D eigenvalue weighted by molar-refractivity contribution is -0.348. The summed E-state index contributed by atoms with van der Waals surface area (Å²) in [5.41, 5.74) is -13.6. The summed E-state index contributed by atoms with van der Waals surface area (Å²) in [4.78, 5) is 31.0. The number of carbonyl (C=O) groups excluding carboxylic acids is 2. The van der Waals surface area contributed by atoms with E-state index in [-0.39, 0.29) is 24.1 Å². The van der Waals surface area contributed by atoms with Crippen LogP contribution in [0.4, 0.5) is 59.7 Å². The summed E-state index contributed by atoms with van der Waals surface area (Å²) in [6, 6.07) is 4.81. The van der Waals surface area contributed by atoms with Gasteiger partial charge in [-0.25, -0.2) is 8.78 Å². The maximum absolute atomic E-state index is 15.7. The van der Waals surface area contributed by atoms with Crippen molar-refractivity contribution in [3.63, 3.8) is 0 Å². The molecular weight excluding hydrogens is 687 g/mol. The molecule has 1 aliphatic rings. The lowest BCUT2D eigenvalue weighted by Gasteiger charge is -2.31. The van der Waals surface area contributed by atoms with E-state index in [0.29, 0.717) is 0 Å². The minimum atomic E-state index is -6.72. The summed E-state index contributed by atoms with van der Waals surface area (Å²) in [6.07, 6.45) is -15.1. The van der Waals surface area contributed by atoms with Gasteiger partial charge < -0.3 is 10.2 Å². The molecule has 2 amide bonds. The van der Waals surface area contributed by atoms with Gasteiger partial charge in [-0.05, 0) is 71.1 Å². The Balaban J connectivity index is 1.77. The number of aromatic nitrogens is 1. The molecule has 1 aliphatic carbocycles. The number of pyridine rings is 1. The Labute approximate surface area is 249 Å². The predicted molar refractivity (Wildman–Crippen MR) is 137 cm³/mol. The van der Waals surface area contributed by atoms with Crippen LogP contribution in [0.25, 0.3) is 0 Å². The second kappa shape index (κ2) is 11.6. The number of hydrogen-bond donors (Lipinski definition) is 1. The molecule has 1 fully saturated rings. The average Bonchev–Trinajstić information content (AvgIpc) is 3.75. The molecule has 17 heteroatoms. The van der Waals surface area contributed by atoms with E-state index in [1.165, 1.54) is 24.5 Å². The number of hydrogen-bond acceptors (Lipinski definition) is 3. The monoisotopic (exact) mass is 703 g/mol. The van der Waals surface area contributed by atoms with E-state index in [1.807, 2.05) is 0 Å². The molecule has 3 aromatic rings. The SMILES string of the molecule is O=C(Nc1c(Br)cc(C(F)(C(F)(F)F)C(F)(F)F)cc1C(F)(F)F)c1cccc(N(CC2CC2)C(=O)c2ccncc2)c1F. The number of amides is 2. The van der Waals surface area contributed by atoms with Gasteiger partial charge >= 0.3 is 24.2 Å². The summed E-state index contributed by atoms with van der Waals surface area (Å²) >= 11 is 2.38. The highest BCUT2D eigenvalue weighted by atomic mass is 79.9. The average molecular weight is 704 g/mol. The molecule has 1 N–H and O–H groups in total. The maximum atomic E-state index is 15.7. The highest BCUT2D eigenvalue weighted by Gasteiger charge is 2.73. The highest BCUT2D eigenvalue weighted by Crippen LogP contribution is 2.55. The van der Waals surface area contributed by atoms with Crippen molar-refractivity contribution in [2.75, 3.05) is 16.8 Å². The lowest BCUT2D eigenvalue weighted by Crippen LogP contribution is -2.50. The van der Waals surface area contributed by atoms with Crippen molar-refractivity contribution in [1.82, 2.24) is 4.98 Å². The number of carbonyl (C=O) groups is 2. The third-order valence-corrected chi connectivity index (χ3v) is 7.26. The van der Waals surface area contributed by atoms with Crippen LogP contribution in [-0.4, -0.2) is 35.7 Å². The van der Waals surface area contributed by atoms with Gasteiger partial charge in [0.15, 0.2) is 5.82 Å². The Hall–Kier alpha value is -3.76. The van der Waals surface area contributed by atoms with E-state index in [1.54, 1.807) is 5.32 Å². The molecule has 44 heavy (non-hydrogen) atoms. The van der Waals surface area contributed by atoms with E-state index < -0.39 is 80.4 Å². The fourth-order valence-corrected chi connectivity index (χ4v) is 4.79. The van der Waals surface area contributed by atoms with E-state index in [2.05, 4.69) is 20.9 Å². The Morgan fingerprint density at radius 3 is 2.02 bits per heavy atom. The van der Waals surface area contributed by atoms with Crippen LogP contribution in [0.5, 0.6) is 0 Å². The standard InChI is InChI=1S/C27H17BrF11N3O2/c28-18-11-15(24(30,26(34,35)36)27(37,38)39)10-17(25(31,32)33)21(18)41-22(43)16-2-1-3-19(20(16)29)42(12-13-4-5-13)23(44)14-6-8-40-9-7-14/h1-3,6-11,13H,4-5,12H2,(H,41,43). The second-order valence-corrected chi connectivity index (χ2v) is 10.6. The molecule has 236 valence electrons. The summed E-state index contributed by atoms with van der Waals surface area (Å²) in [6.45, 7) is 0.0256. The number of rotatable bonds is 7. The number of anilines is 2. The van der Waals surface area contributed by atoms with Crippen LogP contribution in [0.15, 0.2) is 59.3 Å². The third kappa shape index (κ3) is 6.37. The maximum Gasteiger partial charge on any atom is 0.435 e. The molecule has 0 spiro atoms. The second-order valence-electron chi connectivity index (χ2n) is 9.72. The summed E-state index contributed by atoms with van der Waals surface area (Å²) < 4.78 is 150. The van der Waals surface area contributed by atoms with E-state index in [9.17, 15) is 53.5 Å². The van der Waals surface area contributed by atoms with Gasteiger partial charge in [-0.1, -0.05) is 6.07 Å². The largest absolute Gasteiger partial charge is 0.435 e. The van der Waals surface area contributed by atoms with Gasteiger partial charge in [0, 0.05) is 34.5 Å². The number of benzene rings is 2. The Morgan fingerprint density at radius 1 is 0.909 bits per heavy atom. The lowest BCUT2D eigenvalue weighted by atomic mass is 9.92. The van der Waals surface area contributed by atoms with Crippen LogP contribution in [0.2, 0.25) is 0 Å². The first-order valence-electron chi connectivity index (χ1n) is 12.3. The molecule has 0 aliphatic heterocycles. The van der Waals surface area contributed by atoms with Crippen molar-refractivity contribution in [3.05, 3.63) is 87.4 Å². The molecule has 0 atom stereocenters. The molecule has 1 saturated carbocycles. The Kier molecular flexibility index (Phi) is 8.76. The zero-order valence-electron chi connectivity index (χ0n) is 21.6. The fraction of sp³-hybridized carbons (Fsp3) is 0.296. The third-order valence-electron chi connectivity index (χ3n) is 6.64. The summed E-state index contributed by atoms with van der Waals surface area (Å²) in [7, 11) is 0. The highest BCUT2D eigenvalue weighted by molar-refractivity contribution is 9.10. The van der Waals surface area contributed by atoms with Crippen LogP contribution >= 0.6 is 15.9 Å². The molecule has 0 bridgehead atoms. The van der Waals surface area contributed by atoms with Gasteiger partial charge in [-0.3, -0.25) is 14.6 Å². The van der Waals surface area contributed by atoms with Gasteiger partial charge in [0.05, 0.1) is 22.5 Å². The number of nitrogens with zero attached hydrogens (tertiary/aromatic N) is 2. The first-order chi connectivity index (χ1) is 20.3. The van der Waals surface area contributed by atoms with Crippen molar-refractivity contribution in [2.45, 2.75) is 37.0 Å². The Morgan fingerprint density at radius 2 is 1.50 bits per heavy atom. The van der Waals surface area contributed by atoms with E-state index in [4.69, 9.17) is 0 Å². The number of alkyl halides is 10. The van der Waals surface area contributed by atoms with Crippen molar-refractivity contribution in [1.29, 1.82) is 0 Å². The van der Waals surface area contributed by atoms with Crippen LogP contribution in [0.1, 0.15) is 44.7 Å². The van der Waals surface area contributed by atoms with E-state index >= 15 is 4.39 Å². The number of halogens is 12. The van der Waals surface area contributed by atoms with Crippen molar-refractivity contribution >= 4 is 39.1 Å². The van der Waals surface area contributed by atoms with Gasteiger partial charge in [-0.15, -0.1) is 0 Å². The first kappa shape index (κ1) is 33.1. The minimum absolute atomic E-state index is 0.00231. The van der Waals surface area contributed by atoms with Crippen LogP contribution in [-0.2, 0) is 11.8 Å². The quantitative estimate of drug-likeness (QED) is 0.251. The minimum Gasteiger partial charge on any atom is -0.320 e. The van der Waals surface area contributed by atoms with Crippen LogP contribution in [0.3, 0.4) is 0 Å². The van der Waals surface area contributed by atoms with E-state index in [0.717, 1.165) is 35.9 Å². The van der Waals surface area contributed by atoms with Gasteiger partial charge in [0.2, 0.25) is 0 Å². The molecule has 1 heterocycles.